The first-order chi connectivity index (χ1) is 40.0. The van der Waals surface area contributed by atoms with Crippen molar-refractivity contribution in [2.45, 2.75) is 222 Å². The molecule has 8 saturated heterocycles. The normalized spacial score (nSPS) is 48.9. The molecule has 8 aliphatic rings. The molecular weight excluding hydrogens is 1210 g/mol. The third-order valence-corrected chi connectivity index (χ3v) is 16.3. The quantitative estimate of drug-likeness (QED) is 0.0448. The fraction of sp³-hybridized carbons (Fsp3) is 1.00. The lowest BCUT2D eigenvalue weighted by Gasteiger charge is -2.47. The van der Waals surface area contributed by atoms with Crippen LogP contribution >= 0.6 is 0 Å². The highest BCUT2D eigenvalue weighted by molar-refractivity contribution is 7.81. The predicted octanol–water partition coefficient (Wildman–Crippen LogP) is -12.3. The molecular formula is C44H78N4O35S2. The van der Waals surface area contributed by atoms with Crippen LogP contribution in [0.4, 0.5) is 0 Å². The van der Waals surface area contributed by atoms with Gasteiger partial charge in [0.05, 0.1) is 101 Å². The first-order valence-corrected chi connectivity index (χ1v) is 29.7. The lowest BCUT2D eigenvalue weighted by molar-refractivity contribution is -0.350. The van der Waals surface area contributed by atoms with Crippen LogP contribution in [0.25, 0.3) is 0 Å². The molecule has 0 saturated carbocycles. The van der Waals surface area contributed by atoms with E-state index in [4.69, 9.17) is 94.0 Å². The SMILES string of the molecule is NC1[C@H](OC2CO[C@@H](O[C@@H]3C(CO)O[C@H](O)C(N)[C@H]3O)C[C@@H]2O)OC(CO)[C@@H](O[C@H]2C[C@H](O)[C@H](O[C@@H]3OC(COS(=O)(=O)O)[C@@H](O[C@H]4C[C@H](O)[C@@H](O[C@@H]5OC(COS(=O)(=O)O)[C@@H](O[C@H]6C[C@H](O)[C@H](O)CO6)[C@H](O)C5N)CO4)[C@H](O)C3N)CO2)[C@@H]1O. The maximum absolute atomic E-state index is 11.7. The standard InChI is InChI=1S/C44H78N4O35S2/c45-29-33(56)37(18(5-49)73-41(29)60)80-26-2-14(52)20(8-68-26)75-42-30(46)34(57)38(19(6-50)74-42)81-27-3-15(53)21(9-69-27)76-44-32(48)36(59)40(24(79-44)12-72-85(64,65)66)83-28-4-16(54)22(10-70-28)77-43-31(47)35(58)39(23(78-43)11-71-84(61,62)63)82-25-1-13(51)17(55)7-67-25/h13-44,49-60H,1-12,45-48H2,(H,61,62,63)(H,64,65,66)/t13-,14-,15-,16-,17+,18?,19?,20?,21+,22-,23?,24?,25-,26-,27-,28-,29?,30?,31?,32?,33+,34+,35+,36+,37+,38+,39+,40+,41-,42-,43+,44+/m0/s1. The molecule has 0 aromatic rings. The molecule has 0 aromatic heterocycles. The second-order valence-corrected chi connectivity index (χ2v) is 23.7. The van der Waals surface area contributed by atoms with Crippen molar-refractivity contribution in [3.63, 3.8) is 0 Å². The summed E-state index contributed by atoms with van der Waals surface area (Å²) in [6.07, 6.45) is -41.9. The molecule has 85 heavy (non-hydrogen) atoms. The smallest absolute Gasteiger partial charge is 0.394 e. The number of aliphatic hydroxyl groups is 12. The van der Waals surface area contributed by atoms with Gasteiger partial charge in [-0.15, -0.1) is 0 Å². The lowest BCUT2D eigenvalue weighted by atomic mass is 9.96. The van der Waals surface area contributed by atoms with Crippen molar-refractivity contribution in [3.8, 4) is 0 Å². The Morgan fingerprint density at radius 3 is 0.988 bits per heavy atom. The van der Waals surface area contributed by atoms with Crippen LogP contribution in [0.3, 0.4) is 0 Å². The minimum Gasteiger partial charge on any atom is -0.394 e. The van der Waals surface area contributed by atoms with E-state index >= 15 is 0 Å². The molecule has 0 bridgehead atoms. The Kier molecular flexibility index (Phi) is 24.4. The van der Waals surface area contributed by atoms with Gasteiger partial charge in [-0.2, -0.15) is 16.8 Å². The zero-order valence-corrected chi connectivity index (χ0v) is 46.6. The number of hydrogen-bond acceptors (Lipinski definition) is 37. The van der Waals surface area contributed by atoms with Crippen molar-refractivity contribution >= 4 is 20.8 Å². The van der Waals surface area contributed by atoms with Crippen LogP contribution < -0.4 is 22.9 Å². The zero-order chi connectivity index (χ0) is 62.0. The fourth-order valence-electron chi connectivity index (χ4n) is 10.6. The van der Waals surface area contributed by atoms with Gasteiger partial charge >= 0.3 is 20.8 Å². The van der Waals surface area contributed by atoms with Crippen LogP contribution in [-0.4, -0.2) is 337 Å². The first kappa shape index (κ1) is 69.4. The molecule has 0 spiro atoms. The van der Waals surface area contributed by atoms with E-state index in [0.717, 1.165) is 0 Å². The molecule has 8 fully saturated rings. The number of ether oxygens (including phenoxy) is 15. The van der Waals surface area contributed by atoms with Crippen LogP contribution in [-0.2, 0) is 100 Å². The third-order valence-electron chi connectivity index (χ3n) is 15.4. The molecule has 496 valence electrons. The van der Waals surface area contributed by atoms with Crippen LogP contribution in [0.2, 0.25) is 0 Å². The summed E-state index contributed by atoms with van der Waals surface area (Å²) in [5, 5.41) is 128. The molecule has 0 aromatic carbocycles. The number of aliphatic hydroxyl groups excluding tert-OH is 12. The summed E-state index contributed by atoms with van der Waals surface area (Å²) >= 11 is 0. The Labute approximate surface area is 484 Å². The Morgan fingerprint density at radius 1 is 0.376 bits per heavy atom. The van der Waals surface area contributed by atoms with E-state index in [-0.39, 0.29) is 32.5 Å². The van der Waals surface area contributed by atoms with Gasteiger partial charge in [-0.3, -0.25) is 9.11 Å². The minimum atomic E-state index is -5.16. The zero-order valence-electron chi connectivity index (χ0n) is 44.9. The Balaban J connectivity index is 0.814. The van der Waals surface area contributed by atoms with Gasteiger partial charge in [0.25, 0.3) is 0 Å². The highest BCUT2D eigenvalue weighted by atomic mass is 32.3. The molecule has 41 heteroatoms. The van der Waals surface area contributed by atoms with E-state index in [1.165, 1.54) is 0 Å². The molecule has 32 atom stereocenters. The molecule has 0 radical (unpaired) electrons. The molecule has 22 N–H and O–H groups in total. The highest BCUT2D eigenvalue weighted by Crippen LogP contribution is 2.35. The van der Waals surface area contributed by atoms with E-state index < -0.39 is 263 Å². The van der Waals surface area contributed by atoms with Crippen molar-refractivity contribution < 1.29 is 167 Å². The molecule has 8 heterocycles. The third kappa shape index (κ3) is 17.6. The Morgan fingerprint density at radius 2 is 0.671 bits per heavy atom. The van der Waals surface area contributed by atoms with Crippen LogP contribution in [0.5, 0.6) is 0 Å². The van der Waals surface area contributed by atoms with Crippen molar-refractivity contribution in [2.24, 2.45) is 22.9 Å². The molecule has 0 aliphatic carbocycles. The number of nitrogens with two attached hydrogens (primary N) is 4. The van der Waals surface area contributed by atoms with Crippen molar-refractivity contribution in [3.05, 3.63) is 0 Å². The van der Waals surface area contributed by atoms with Crippen LogP contribution in [0, 0.1) is 0 Å². The minimum absolute atomic E-state index is 0.244. The second kappa shape index (κ2) is 29.8. The van der Waals surface area contributed by atoms with Crippen LogP contribution in [0.1, 0.15) is 25.7 Å². The van der Waals surface area contributed by atoms with Gasteiger partial charge in [0.1, 0.15) is 97.7 Å². The van der Waals surface area contributed by atoms with E-state index in [9.17, 15) is 87.2 Å². The van der Waals surface area contributed by atoms with E-state index in [1.807, 2.05) is 0 Å². The summed E-state index contributed by atoms with van der Waals surface area (Å²) in [5.41, 5.74) is 24.7. The van der Waals surface area contributed by atoms with Crippen molar-refractivity contribution in [1.82, 2.24) is 0 Å². The largest absolute Gasteiger partial charge is 0.397 e. The van der Waals surface area contributed by atoms with E-state index in [0.29, 0.717) is 0 Å². The molecule has 8 aliphatic heterocycles. The highest BCUT2D eigenvalue weighted by Gasteiger charge is 2.54. The monoisotopic (exact) mass is 1290 g/mol. The van der Waals surface area contributed by atoms with Crippen LogP contribution in [0.15, 0.2) is 0 Å². The molecule has 39 nitrogen and oxygen atoms in total. The van der Waals surface area contributed by atoms with E-state index in [1.54, 1.807) is 0 Å². The van der Waals surface area contributed by atoms with Gasteiger partial charge in [0, 0.05) is 25.7 Å². The van der Waals surface area contributed by atoms with Gasteiger partial charge in [0.2, 0.25) is 0 Å². The fourth-order valence-corrected chi connectivity index (χ4v) is 11.2. The number of hydrogen-bond donors (Lipinski definition) is 18. The maximum Gasteiger partial charge on any atom is 0.397 e. The summed E-state index contributed by atoms with van der Waals surface area (Å²) in [7, 11) is -10.2. The van der Waals surface area contributed by atoms with Gasteiger partial charge in [0.15, 0.2) is 50.3 Å². The molecule has 0 amide bonds. The van der Waals surface area contributed by atoms with Gasteiger partial charge < -0.3 is 155 Å². The predicted molar refractivity (Wildman–Crippen MR) is 264 cm³/mol. The average molecular weight is 1290 g/mol. The van der Waals surface area contributed by atoms with Gasteiger partial charge in [-0.25, -0.2) is 8.37 Å². The van der Waals surface area contributed by atoms with Crippen molar-refractivity contribution in [2.75, 3.05) is 52.9 Å². The maximum atomic E-state index is 11.7. The Bertz CT molecular complexity index is 2310. The average Bonchev–Trinajstić information content (AvgIpc) is 2.90. The van der Waals surface area contributed by atoms with Gasteiger partial charge in [-0.1, -0.05) is 0 Å². The molecule has 8 rings (SSSR count). The number of rotatable bonds is 22. The van der Waals surface area contributed by atoms with Gasteiger partial charge in [-0.05, 0) is 0 Å². The lowest BCUT2D eigenvalue weighted by Crippen LogP contribution is -2.66. The summed E-state index contributed by atoms with van der Waals surface area (Å²) in [6.45, 7) is -5.14. The first-order valence-electron chi connectivity index (χ1n) is 27.0. The summed E-state index contributed by atoms with van der Waals surface area (Å²) in [5.74, 6) is 0. The summed E-state index contributed by atoms with van der Waals surface area (Å²) in [4.78, 5) is 0. The van der Waals surface area contributed by atoms with E-state index in [2.05, 4.69) is 8.37 Å². The Hall–Kier alpha value is -1.50. The second-order valence-electron chi connectivity index (χ2n) is 21.5. The topological polar surface area (TPSA) is 612 Å². The summed E-state index contributed by atoms with van der Waals surface area (Å²) < 4.78 is 160. The van der Waals surface area contributed by atoms with Crippen molar-refractivity contribution in [1.29, 1.82) is 0 Å². The molecule has 9 unspecified atom stereocenters. The summed E-state index contributed by atoms with van der Waals surface area (Å²) in [6, 6.07) is -5.72.